The van der Waals surface area contributed by atoms with Crippen LogP contribution in [0.2, 0.25) is 0 Å². The van der Waals surface area contributed by atoms with Gasteiger partial charge >= 0.3 is 0 Å². The fraction of sp³-hybridized carbons (Fsp3) is 0.211. The second-order valence-corrected chi connectivity index (χ2v) is 7.05. The van der Waals surface area contributed by atoms with Gasteiger partial charge in [0.1, 0.15) is 17.6 Å². The van der Waals surface area contributed by atoms with Crippen LogP contribution in [0, 0.1) is 0 Å². The van der Waals surface area contributed by atoms with Gasteiger partial charge in [-0.3, -0.25) is 9.20 Å². The van der Waals surface area contributed by atoms with Crippen LogP contribution in [0.5, 0.6) is 5.75 Å². The lowest BCUT2D eigenvalue weighted by Crippen LogP contribution is -2.32. The van der Waals surface area contributed by atoms with E-state index in [1.165, 1.54) is 0 Å². The van der Waals surface area contributed by atoms with E-state index in [0.717, 1.165) is 27.8 Å². The van der Waals surface area contributed by atoms with Gasteiger partial charge in [0.25, 0.3) is 0 Å². The molecule has 0 radical (unpaired) electrons. The number of imidazole rings is 2. The first-order valence-corrected chi connectivity index (χ1v) is 9.33. The van der Waals surface area contributed by atoms with Crippen molar-refractivity contribution in [1.82, 2.24) is 24.3 Å². The fourth-order valence-electron chi connectivity index (χ4n) is 3.01. The summed E-state index contributed by atoms with van der Waals surface area (Å²) in [4.78, 5) is 22.5. The Hall–Kier alpha value is -3.13. The van der Waals surface area contributed by atoms with Crippen LogP contribution in [-0.2, 0) is 18.3 Å². The van der Waals surface area contributed by atoms with Crippen molar-refractivity contribution >= 4 is 22.2 Å². The van der Waals surface area contributed by atoms with Gasteiger partial charge in [0.15, 0.2) is 4.96 Å². The van der Waals surface area contributed by atoms with Crippen LogP contribution in [0.4, 0.5) is 0 Å². The molecule has 0 saturated carbocycles. The standard InChI is InChI=1S/C19H19N5O2S/c1-23-7-6-20-18(23)17(13-4-3-5-15(10-13)26-2)22-16(25)11-14-12-24-8-9-27-19(24)21-14/h3-10,12,17H,11H2,1-2H3,(H,22,25). The lowest BCUT2D eigenvalue weighted by atomic mass is 10.1. The Labute approximate surface area is 160 Å². The van der Waals surface area contributed by atoms with Crippen molar-refractivity contribution in [3.8, 4) is 5.75 Å². The minimum atomic E-state index is -0.378. The third-order valence-electron chi connectivity index (χ3n) is 4.33. The molecule has 3 aromatic heterocycles. The van der Waals surface area contributed by atoms with Crippen molar-refractivity contribution in [1.29, 1.82) is 0 Å². The molecule has 1 amide bonds. The molecule has 0 aliphatic rings. The molecule has 0 aliphatic carbocycles. The lowest BCUT2D eigenvalue weighted by Gasteiger charge is -2.19. The average molecular weight is 381 g/mol. The van der Waals surface area contributed by atoms with Gasteiger partial charge in [-0.2, -0.15) is 0 Å². The molecule has 8 heteroatoms. The summed E-state index contributed by atoms with van der Waals surface area (Å²) >= 11 is 1.54. The fourth-order valence-corrected chi connectivity index (χ4v) is 3.73. The SMILES string of the molecule is COc1cccc(C(NC(=O)Cc2cn3ccsc3n2)c2nccn2C)c1. The zero-order valence-corrected chi connectivity index (χ0v) is 15.8. The van der Waals surface area contributed by atoms with E-state index in [1.807, 2.05) is 64.3 Å². The minimum Gasteiger partial charge on any atom is -0.497 e. The summed E-state index contributed by atoms with van der Waals surface area (Å²) in [5.41, 5.74) is 1.64. The number of carbonyl (C=O) groups excluding carboxylic acids is 1. The molecular weight excluding hydrogens is 362 g/mol. The maximum atomic E-state index is 12.7. The highest BCUT2D eigenvalue weighted by Crippen LogP contribution is 2.24. The summed E-state index contributed by atoms with van der Waals surface area (Å²) in [5.74, 6) is 1.37. The molecular formula is C19H19N5O2S. The molecule has 3 heterocycles. The third kappa shape index (κ3) is 3.56. The first kappa shape index (κ1) is 17.3. The number of ether oxygens (including phenoxy) is 1. The van der Waals surface area contributed by atoms with Gasteiger partial charge in [-0.25, -0.2) is 9.97 Å². The van der Waals surface area contributed by atoms with Gasteiger partial charge in [-0.05, 0) is 17.7 Å². The predicted octanol–water partition coefficient (Wildman–Crippen LogP) is 2.59. The first-order chi connectivity index (χ1) is 13.1. The summed E-state index contributed by atoms with van der Waals surface area (Å²) in [6.07, 6.45) is 7.60. The quantitative estimate of drug-likeness (QED) is 0.557. The number of hydrogen-bond acceptors (Lipinski definition) is 5. The van der Waals surface area contributed by atoms with Crippen LogP contribution < -0.4 is 10.1 Å². The molecule has 1 aromatic carbocycles. The van der Waals surface area contributed by atoms with Gasteiger partial charge in [0.05, 0.1) is 19.2 Å². The molecule has 1 N–H and O–H groups in total. The molecule has 0 spiro atoms. The zero-order chi connectivity index (χ0) is 18.8. The number of amides is 1. The van der Waals surface area contributed by atoms with Crippen molar-refractivity contribution in [3.05, 3.63) is 71.5 Å². The number of aryl methyl sites for hydroxylation is 1. The summed E-state index contributed by atoms with van der Waals surface area (Å²) < 4.78 is 9.15. The van der Waals surface area contributed by atoms with Crippen molar-refractivity contribution in [2.24, 2.45) is 7.05 Å². The molecule has 0 aliphatic heterocycles. The highest BCUT2D eigenvalue weighted by molar-refractivity contribution is 7.15. The van der Waals surface area contributed by atoms with Gasteiger partial charge in [0.2, 0.25) is 5.91 Å². The monoisotopic (exact) mass is 381 g/mol. The number of aromatic nitrogens is 4. The van der Waals surface area contributed by atoms with Gasteiger partial charge in [-0.15, -0.1) is 11.3 Å². The number of methoxy groups -OCH3 is 1. The molecule has 1 unspecified atom stereocenters. The normalized spacial score (nSPS) is 12.2. The topological polar surface area (TPSA) is 73.4 Å². The number of thiazole rings is 1. The molecule has 7 nitrogen and oxygen atoms in total. The van der Waals surface area contributed by atoms with Crippen LogP contribution in [0.25, 0.3) is 4.96 Å². The van der Waals surface area contributed by atoms with E-state index < -0.39 is 0 Å². The van der Waals surface area contributed by atoms with Gasteiger partial charge < -0.3 is 14.6 Å². The van der Waals surface area contributed by atoms with Crippen molar-refractivity contribution < 1.29 is 9.53 Å². The zero-order valence-electron chi connectivity index (χ0n) is 15.0. The van der Waals surface area contributed by atoms with Crippen LogP contribution >= 0.6 is 11.3 Å². The number of rotatable bonds is 6. The number of nitrogens with one attached hydrogen (secondary N) is 1. The van der Waals surface area contributed by atoms with Crippen LogP contribution in [0.1, 0.15) is 23.1 Å². The third-order valence-corrected chi connectivity index (χ3v) is 5.10. The smallest absolute Gasteiger partial charge is 0.226 e. The second kappa shape index (κ2) is 7.24. The first-order valence-electron chi connectivity index (χ1n) is 8.45. The Morgan fingerprint density at radius 3 is 3.00 bits per heavy atom. The molecule has 0 bridgehead atoms. The van der Waals surface area contributed by atoms with E-state index >= 15 is 0 Å². The van der Waals surface area contributed by atoms with Crippen molar-refractivity contribution in [3.63, 3.8) is 0 Å². The largest absolute Gasteiger partial charge is 0.497 e. The Balaban J connectivity index is 1.59. The lowest BCUT2D eigenvalue weighted by molar-refractivity contribution is -0.121. The summed E-state index contributed by atoms with van der Waals surface area (Å²) in [5, 5.41) is 5.05. The molecule has 138 valence electrons. The molecule has 0 saturated heterocycles. The van der Waals surface area contributed by atoms with E-state index in [4.69, 9.17) is 4.74 Å². The predicted molar refractivity (Wildman–Crippen MR) is 103 cm³/mol. The highest BCUT2D eigenvalue weighted by Gasteiger charge is 2.22. The molecule has 0 fully saturated rings. The maximum absolute atomic E-state index is 12.7. The summed E-state index contributed by atoms with van der Waals surface area (Å²) in [7, 11) is 3.53. The van der Waals surface area contributed by atoms with E-state index in [0.29, 0.717) is 0 Å². The Kier molecular flexibility index (Phi) is 4.64. The summed E-state index contributed by atoms with van der Waals surface area (Å²) in [6.45, 7) is 0. The minimum absolute atomic E-state index is 0.114. The Morgan fingerprint density at radius 1 is 1.37 bits per heavy atom. The van der Waals surface area contributed by atoms with E-state index in [2.05, 4.69) is 15.3 Å². The molecule has 4 aromatic rings. The number of hydrogen-bond donors (Lipinski definition) is 1. The Bertz CT molecular complexity index is 1050. The molecule has 4 rings (SSSR count). The van der Waals surface area contributed by atoms with Crippen LogP contribution in [0.15, 0.2) is 54.4 Å². The van der Waals surface area contributed by atoms with Crippen molar-refractivity contribution in [2.75, 3.05) is 7.11 Å². The number of benzene rings is 1. The van der Waals surface area contributed by atoms with E-state index in [9.17, 15) is 4.79 Å². The second-order valence-electron chi connectivity index (χ2n) is 6.18. The van der Waals surface area contributed by atoms with E-state index in [1.54, 1.807) is 24.6 Å². The average Bonchev–Trinajstić information content (AvgIpc) is 3.36. The van der Waals surface area contributed by atoms with E-state index in [-0.39, 0.29) is 18.4 Å². The number of nitrogens with zero attached hydrogens (tertiary/aromatic N) is 4. The van der Waals surface area contributed by atoms with Crippen molar-refractivity contribution in [2.45, 2.75) is 12.5 Å². The van der Waals surface area contributed by atoms with Crippen LogP contribution in [0.3, 0.4) is 0 Å². The Morgan fingerprint density at radius 2 is 2.26 bits per heavy atom. The highest BCUT2D eigenvalue weighted by atomic mass is 32.1. The number of carbonyl (C=O) groups is 1. The maximum Gasteiger partial charge on any atom is 0.226 e. The molecule has 27 heavy (non-hydrogen) atoms. The summed E-state index contributed by atoms with van der Waals surface area (Å²) in [6, 6.07) is 7.26. The molecule has 1 atom stereocenters. The van der Waals surface area contributed by atoms with Gasteiger partial charge in [-0.1, -0.05) is 12.1 Å². The van der Waals surface area contributed by atoms with Crippen LogP contribution in [-0.4, -0.2) is 32.0 Å². The number of fused-ring (bicyclic) bond motifs is 1. The van der Waals surface area contributed by atoms with Gasteiger partial charge in [0, 0.05) is 37.2 Å².